The molecule has 1 aromatic heterocycles. The number of benzene rings is 1. The van der Waals surface area contributed by atoms with Crippen LogP contribution in [0.1, 0.15) is 11.1 Å². The zero-order chi connectivity index (χ0) is 13.0. The number of nitrogens with one attached hydrogen (secondary N) is 1. The van der Waals surface area contributed by atoms with E-state index >= 15 is 0 Å². The predicted molar refractivity (Wildman–Crippen MR) is 73.1 cm³/mol. The van der Waals surface area contributed by atoms with Gasteiger partial charge in [0.1, 0.15) is 11.6 Å². The monoisotopic (exact) mass is 243 g/mol. The van der Waals surface area contributed by atoms with Crippen molar-refractivity contribution >= 4 is 11.5 Å². The number of hydrogen-bond acceptors (Lipinski definition) is 4. The molecule has 18 heavy (non-hydrogen) atoms. The predicted octanol–water partition coefficient (Wildman–Crippen LogP) is 2.60. The van der Waals surface area contributed by atoms with Gasteiger partial charge in [0, 0.05) is 18.3 Å². The largest absolute Gasteiger partial charge is 0.495 e. The van der Waals surface area contributed by atoms with E-state index in [1.165, 1.54) is 0 Å². The second kappa shape index (κ2) is 5.51. The molecule has 4 heteroatoms. The maximum atomic E-state index is 5.69. The average Bonchev–Trinajstić information content (AvgIpc) is 2.40. The molecule has 0 aliphatic carbocycles. The maximum Gasteiger partial charge on any atom is 0.142 e. The maximum absolute atomic E-state index is 5.69. The third kappa shape index (κ3) is 2.60. The molecule has 0 fully saturated rings. The van der Waals surface area contributed by atoms with Crippen molar-refractivity contribution in [3.63, 3.8) is 0 Å². The number of nitrogens with zero attached hydrogens (tertiary/aromatic N) is 1. The molecule has 2 rings (SSSR count). The van der Waals surface area contributed by atoms with E-state index in [-0.39, 0.29) is 0 Å². The molecule has 0 radical (unpaired) electrons. The van der Waals surface area contributed by atoms with E-state index in [4.69, 9.17) is 10.5 Å². The van der Waals surface area contributed by atoms with E-state index in [0.717, 1.165) is 28.4 Å². The molecule has 0 saturated heterocycles. The van der Waals surface area contributed by atoms with Gasteiger partial charge in [0.25, 0.3) is 0 Å². The normalized spacial score (nSPS) is 10.2. The lowest BCUT2D eigenvalue weighted by molar-refractivity contribution is 0.416. The van der Waals surface area contributed by atoms with Crippen LogP contribution in [0.2, 0.25) is 0 Å². The van der Waals surface area contributed by atoms with Crippen LogP contribution < -0.4 is 15.8 Å². The fourth-order valence-electron chi connectivity index (χ4n) is 1.76. The van der Waals surface area contributed by atoms with Gasteiger partial charge in [-0.3, -0.25) is 0 Å². The molecule has 0 aliphatic heterocycles. The molecule has 0 spiro atoms. The highest BCUT2D eigenvalue weighted by atomic mass is 16.5. The number of nitrogens with two attached hydrogens (primary N) is 1. The summed E-state index contributed by atoms with van der Waals surface area (Å²) in [6.07, 6.45) is 1.74. The minimum absolute atomic E-state index is 0.449. The number of aryl methyl sites for hydroxylation is 1. The van der Waals surface area contributed by atoms with Crippen LogP contribution in [0.15, 0.2) is 36.5 Å². The summed E-state index contributed by atoms with van der Waals surface area (Å²) in [5, 5.41) is 3.27. The van der Waals surface area contributed by atoms with E-state index < -0.39 is 0 Å². The highest BCUT2D eigenvalue weighted by Crippen LogP contribution is 2.28. The number of rotatable bonds is 4. The fourth-order valence-corrected chi connectivity index (χ4v) is 1.76. The molecule has 0 amide bonds. The highest BCUT2D eigenvalue weighted by Gasteiger charge is 2.06. The number of aromatic nitrogens is 1. The minimum atomic E-state index is 0.449. The van der Waals surface area contributed by atoms with Gasteiger partial charge in [-0.25, -0.2) is 4.98 Å². The molecule has 4 nitrogen and oxygen atoms in total. The van der Waals surface area contributed by atoms with Gasteiger partial charge in [0.05, 0.1) is 12.8 Å². The summed E-state index contributed by atoms with van der Waals surface area (Å²) in [6.45, 7) is 2.48. The second-order valence-electron chi connectivity index (χ2n) is 4.04. The van der Waals surface area contributed by atoms with Crippen molar-refractivity contribution in [2.24, 2.45) is 5.73 Å². The topological polar surface area (TPSA) is 60.2 Å². The number of anilines is 2. The molecule has 0 aliphatic rings. The lowest BCUT2D eigenvalue weighted by atomic mass is 10.2. The Bertz CT molecular complexity index is 540. The number of methoxy groups -OCH3 is 1. The first-order chi connectivity index (χ1) is 8.74. The lowest BCUT2D eigenvalue weighted by Gasteiger charge is -2.13. The summed E-state index contributed by atoms with van der Waals surface area (Å²) in [5.74, 6) is 1.55. The Morgan fingerprint density at radius 3 is 2.89 bits per heavy atom. The quantitative estimate of drug-likeness (QED) is 0.866. The molecule has 1 heterocycles. The molecular weight excluding hydrogens is 226 g/mol. The summed E-state index contributed by atoms with van der Waals surface area (Å²) < 4.78 is 5.32. The number of hydrogen-bond donors (Lipinski definition) is 2. The first-order valence-electron chi connectivity index (χ1n) is 5.80. The standard InChI is InChI=1S/C14H17N3O/c1-10-5-6-13(18-2)12(8-10)17-14-11(9-15)4-3-7-16-14/h3-8H,9,15H2,1-2H3,(H,16,17). The van der Waals surface area contributed by atoms with Crippen LogP contribution in [0.5, 0.6) is 5.75 Å². The molecule has 1 aromatic carbocycles. The Morgan fingerprint density at radius 1 is 1.33 bits per heavy atom. The summed E-state index contributed by atoms with van der Waals surface area (Å²) in [4.78, 5) is 4.30. The number of ether oxygens (including phenoxy) is 1. The molecule has 2 aromatic rings. The summed E-state index contributed by atoms with van der Waals surface area (Å²) in [6, 6.07) is 9.79. The Balaban J connectivity index is 2.36. The van der Waals surface area contributed by atoms with Gasteiger partial charge in [0.2, 0.25) is 0 Å². The van der Waals surface area contributed by atoms with Crippen molar-refractivity contribution in [2.45, 2.75) is 13.5 Å². The third-order valence-corrected chi connectivity index (χ3v) is 2.72. The summed E-state index contributed by atoms with van der Waals surface area (Å²) in [5.41, 5.74) is 8.72. The fraction of sp³-hybridized carbons (Fsp3) is 0.214. The Labute approximate surface area is 107 Å². The molecule has 0 saturated carbocycles. The smallest absolute Gasteiger partial charge is 0.142 e. The average molecular weight is 243 g/mol. The van der Waals surface area contributed by atoms with Crippen molar-refractivity contribution in [3.8, 4) is 5.75 Å². The van der Waals surface area contributed by atoms with E-state index in [2.05, 4.69) is 10.3 Å². The van der Waals surface area contributed by atoms with Crippen LogP contribution in [0.3, 0.4) is 0 Å². The Kier molecular flexibility index (Phi) is 3.79. The highest BCUT2D eigenvalue weighted by molar-refractivity contribution is 5.66. The van der Waals surface area contributed by atoms with Gasteiger partial charge in [0.15, 0.2) is 0 Å². The molecule has 94 valence electrons. The zero-order valence-corrected chi connectivity index (χ0v) is 10.6. The first kappa shape index (κ1) is 12.4. The van der Waals surface area contributed by atoms with Crippen molar-refractivity contribution in [1.29, 1.82) is 0 Å². The molecular formula is C14H17N3O. The van der Waals surface area contributed by atoms with Crippen molar-refractivity contribution in [3.05, 3.63) is 47.7 Å². The third-order valence-electron chi connectivity index (χ3n) is 2.72. The summed E-state index contributed by atoms with van der Waals surface area (Å²) >= 11 is 0. The number of pyridine rings is 1. The van der Waals surface area contributed by atoms with Gasteiger partial charge in [-0.15, -0.1) is 0 Å². The van der Waals surface area contributed by atoms with Gasteiger partial charge in [-0.1, -0.05) is 12.1 Å². The summed E-state index contributed by atoms with van der Waals surface area (Å²) in [7, 11) is 1.65. The first-order valence-corrected chi connectivity index (χ1v) is 5.80. The molecule has 0 bridgehead atoms. The van der Waals surface area contributed by atoms with Crippen LogP contribution >= 0.6 is 0 Å². The van der Waals surface area contributed by atoms with Crippen LogP contribution in [-0.4, -0.2) is 12.1 Å². The molecule has 0 unspecified atom stereocenters. The van der Waals surface area contributed by atoms with Crippen LogP contribution in [0.25, 0.3) is 0 Å². The minimum Gasteiger partial charge on any atom is -0.495 e. The van der Waals surface area contributed by atoms with Crippen molar-refractivity contribution < 1.29 is 4.74 Å². The van der Waals surface area contributed by atoms with E-state index in [1.54, 1.807) is 13.3 Å². The zero-order valence-electron chi connectivity index (χ0n) is 10.6. The van der Waals surface area contributed by atoms with Gasteiger partial charge < -0.3 is 15.8 Å². The SMILES string of the molecule is COc1ccc(C)cc1Nc1ncccc1CN. The molecule has 0 atom stereocenters. The Hall–Kier alpha value is -2.07. The van der Waals surface area contributed by atoms with Gasteiger partial charge >= 0.3 is 0 Å². The Morgan fingerprint density at radius 2 is 2.17 bits per heavy atom. The second-order valence-corrected chi connectivity index (χ2v) is 4.04. The molecule has 3 N–H and O–H groups in total. The van der Waals surface area contributed by atoms with E-state index in [1.807, 2.05) is 37.3 Å². The van der Waals surface area contributed by atoms with Crippen molar-refractivity contribution in [2.75, 3.05) is 12.4 Å². The van der Waals surface area contributed by atoms with E-state index in [0.29, 0.717) is 6.54 Å². The lowest BCUT2D eigenvalue weighted by Crippen LogP contribution is -2.04. The van der Waals surface area contributed by atoms with Crippen LogP contribution in [0.4, 0.5) is 11.5 Å². The van der Waals surface area contributed by atoms with Gasteiger partial charge in [-0.05, 0) is 30.7 Å². The van der Waals surface area contributed by atoms with Crippen LogP contribution in [-0.2, 0) is 6.54 Å². The van der Waals surface area contributed by atoms with Crippen molar-refractivity contribution in [1.82, 2.24) is 4.98 Å². The van der Waals surface area contributed by atoms with E-state index in [9.17, 15) is 0 Å². The van der Waals surface area contributed by atoms with Crippen LogP contribution in [0, 0.1) is 6.92 Å². The van der Waals surface area contributed by atoms with Gasteiger partial charge in [-0.2, -0.15) is 0 Å².